The van der Waals surface area contributed by atoms with Gasteiger partial charge in [0.2, 0.25) is 21.8 Å². The summed E-state index contributed by atoms with van der Waals surface area (Å²) in [6, 6.07) is 3.45. The largest absolute Gasteiger partial charge is 0.492 e. The fourth-order valence-electron chi connectivity index (χ4n) is 7.45. The Kier molecular flexibility index (Phi) is 12.2. The van der Waals surface area contributed by atoms with Crippen molar-refractivity contribution in [2.24, 2.45) is 5.92 Å². The van der Waals surface area contributed by atoms with Crippen molar-refractivity contribution in [2.45, 2.75) is 126 Å². The number of hydrogen-bond acceptors (Lipinski definition) is 11. The van der Waals surface area contributed by atoms with E-state index < -0.39 is 80.4 Å². The number of nitrogens with zero attached hydrogens (tertiary/aromatic N) is 3. The lowest BCUT2D eigenvalue weighted by Gasteiger charge is -2.30. The van der Waals surface area contributed by atoms with E-state index >= 15 is 0 Å². The lowest BCUT2D eigenvalue weighted by molar-refractivity contribution is -0.141. The molecule has 5 amide bonds. The molecule has 3 heterocycles. The topological polar surface area (TPSA) is 193 Å². The third-order valence-corrected chi connectivity index (χ3v) is 12.6. The number of sulfonamides is 1. The number of allylic oxidation sites excluding steroid dienone is 1. The standard InChI is InChI=1S/C39H56N6O10S/c1-38(2,3)55-36(49)40-31-12-10-8-6-7-9-11-27-21-39(27,35(48)42-56(51,52)30-15-16-30)41-33(46)32-20-29(24-45(32)34(31)47)54-37(50)44-22-25-13-14-28(19-26(25)23-44)53-18-17-43(4)5/h9,11,13-14,19,27,29-32H,6-8,10,12,15-18,20-24H2,1-5H3,(H,40,49)(H,41,46)(H,42,48)/b11-9+/t27-,29-,31+,32+,39-/m1/s1. The van der Waals surface area contributed by atoms with E-state index in [2.05, 4.69) is 15.4 Å². The number of alkyl carbamates (subject to hydrolysis) is 1. The van der Waals surface area contributed by atoms with Crippen molar-refractivity contribution in [3.8, 4) is 5.75 Å². The Balaban J connectivity index is 1.21. The molecule has 1 aromatic carbocycles. The maximum absolute atomic E-state index is 14.4. The van der Waals surface area contributed by atoms with Gasteiger partial charge in [0.25, 0.3) is 5.91 Å². The Morgan fingerprint density at radius 2 is 1.79 bits per heavy atom. The molecule has 308 valence electrons. The molecule has 16 nitrogen and oxygen atoms in total. The van der Waals surface area contributed by atoms with Crippen LogP contribution in [0.3, 0.4) is 0 Å². The number of carbonyl (C=O) groups is 5. The highest BCUT2D eigenvalue weighted by molar-refractivity contribution is 7.91. The number of likely N-dealkylation sites (N-methyl/N-ethyl adjacent to an activating group) is 1. The Morgan fingerprint density at radius 1 is 1.04 bits per heavy atom. The SMILES string of the molecule is CN(C)CCOc1ccc2c(c1)CN(C(=O)O[C@@H]1C[C@H]3C(=O)N[C@]4(C(=O)NS(=O)(=O)C5CC5)C[C@H]4/C=C/CCCCC[C@H](NC(=O)OC(C)(C)C)C(=O)N3C1)C2. The summed E-state index contributed by atoms with van der Waals surface area (Å²) in [7, 11) is 0.0161. The second-order valence-electron chi connectivity index (χ2n) is 16.9. The highest BCUT2D eigenvalue weighted by Crippen LogP contribution is 2.46. The van der Waals surface area contributed by atoms with Gasteiger partial charge in [-0.25, -0.2) is 18.0 Å². The summed E-state index contributed by atoms with van der Waals surface area (Å²) in [6.45, 7) is 6.86. The van der Waals surface area contributed by atoms with Crippen molar-refractivity contribution < 1.29 is 46.6 Å². The van der Waals surface area contributed by atoms with Crippen LogP contribution in [0.4, 0.5) is 9.59 Å². The van der Waals surface area contributed by atoms with Crippen LogP contribution in [-0.4, -0.2) is 121 Å². The highest BCUT2D eigenvalue weighted by atomic mass is 32.2. The summed E-state index contributed by atoms with van der Waals surface area (Å²) in [5.41, 5.74) is -0.488. The molecule has 3 aliphatic heterocycles. The Bertz CT molecular complexity index is 1830. The maximum Gasteiger partial charge on any atom is 0.410 e. The Hall–Kier alpha value is -4.38. The number of rotatable bonds is 9. The van der Waals surface area contributed by atoms with E-state index in [1.165, 1.54) is 4.90 Å². The molecule has 3 N–H and O–H groups in total. The zero-order valence-corrected chi connectivity index (χ0v) is 33.8. The van der Waals surface area contributed by atoms with Crippen molar-refractivity contribution >= 4 is 39.9 Å². The third kappa shape index (κ3) is 10.1. The first-order valence-corrected chi connectivity index (χ1v) is 21.2. The summed E-state index contributed by atoms with van der Waals surface area (Å²) in [5.74, 6) is -1.82. The second kappa shape index (κ2) is 16.6. The van der Waals surface area contributed by atoms with Gasteiger partial charge < -0.3 is 34.6 Å². The minimum Gasteiger partial charge on any atom is -0.492 e. The number of fused-ring (bicyclic) bond motifs is 3. The van der Waals surface area contributed by atoms with Crippen molar-refractivity contribution in [1.82, 2.24) is 30.1 Å². The molecule has 2 aliphatic carbocycles. The minimum atomic E-state index is -3.91. The molecule has 0 bridgehead atoms. The molecule has 0 spiro atoms. The molecular weight excluding hydrogens is 745 g/mol. The molecule has 0 unspecified atom stereocenters. The van der Waals surface area contributed by atoms with Crippen molar-refractivity contribution in [3.63, 3.8) is 0 Å². The average Bonchev–Trinajstić information content (AvgIpc) is 4.00. The van der Waals surface area contributed by atoms with Crippen LogP contribution in [0.5, 0.6) is 5.75 Å². The number of hydrogen-bond donors (Lipinski definition) is 3. The van der Waals surface area contributed by atoms with E-state index in [4.69, 9.17) is 14.2 Å². The number of carbonyl (C=O) groups excluding carboxylic acids is 5. The van der Waals surface area contributed by atoms with Crippen molar-refractivity contribution in [3.05, 3.63) is 41.5 Å². The third-order valence-electron chi connectivity index (χ3n) is 10.8. The molecule has 1 aromatic rings. The number of nitrogens with one attached hydrogen (secondary N) is 3. The minimum absolute atomic E-state index is 0.0777. The summed E-state index contributed by atoms with van der Waals surface area (Å²) in [5, 5.41) is 4.89. The fourth-order valence-corrected chi connectivity index (χ4v) is 8.81. The van der Waals surface area contributed by atoms with Crippen LogP contribution < -0.4 is 20.1 Å². The second-order valence-corrected chi connectivity index (χ2v) is 18.9. The van der Waals surface area contributed by atoms with E-state index in [0.717, 1.165) is 30.5 Å². The van der Waals surface area contributed by atoms with Crippen LogP contribution in [0.15, 0.2) is 30.4 Å². The lowest BCUT2D eigenvalue weighted by Crippen LogP contribution is -2.58. The summed E-state index contributed by atoms with van der Waals surface area (Å²) in [4.78, 5) is 73.8. The number of amides is 5. The molecule has 0 aromatic heterocycles. The van der Waals surface area contributed by atoms with Gasteiger partial charge in [-0.05, 0) is 96.7 Å². The fraction of sp³-hybridized carbons (Fsp3) is 0.667. The molecule has 0 radical (unpaired) electrons. The van der Waals surface area contributed by atoms with Gasteiger partial charge in [0.15, 0.2) is 0 Å². The van der Waals surface area contributed by atoms with E-state index in [1.54, 1.807) is 25.7 Å². The molecule has 2 saturated carbocycles. The summed E-state index contributed by atoms with van der Waals surface area (Å²) >= 11 is 0. The molecule has 17 heteroatoms. The average molecular weight is 801 g/mol. The van der Waals surface area contributed by atoms with E-state index in [0.29, 0.717) is 44.6 Å². The van der Waals surface area contributed by atoms with Crippen LogP contribution in [0.1, 0.15) is 89.7 Å². The lowest BCUT2D eigenvalue weighted by atomic mass is 10.0. The predicted octanol–water partition coefficient (Wildman–Crippen LogP) is 2.95. The number of ether oxygens (including phenoxy) is 3. The first kappa shape index (κ1) is 41.3. The predicted molar refractivity (Wildman–Crippen MR) is 205 cm³/mol. The molecular formula is C39H56N6O10S. The highest BCUT2D eigenvalue weighted by Gasteiger charge is 2.62. The molecule has 5 atom stereocenters. The Labute approximate surface area is 329 Å². The van der Waals surface area contributed by atoms with E-state index in [1.807, 2.05) is 49.3 Å². The van der Waals surface area contributed by atoms with Crippen molar-refractivity contribution in [1.29, 1.82) is 0 Å². The first-order chi connectivity index (χ1) is 26.4. The zero-order valence-electron chi connectivity index (χ0n) is 33.0. The van der Waals surface area contributed by atoms with Gasteiger partial charge >= 0.3 is 12.2 Å². The molecule has 3 fully saturated rings. The first-order valence-electron chi connectivity index (χ1n) is 19.6. The van der Waals surface area contributed by atoms with Gasteiger partial charge in [-0.3, -0.25) is 24.0 Å². The maximum atomic E-state index is 14.4. The normalized spacial score (nSPS) is 27.5. The Morgan fingerprint density at radius 3 is 2.50 bits per heavy atom. The van der Waals surface area contributed by atoms with Gasteiger partial charge in [-0.15, -0.1) is 0 Å². The molecule has 1 saturated heterocycles. The molecule has 6 rings (SSSR count). The summed E-state index contributed by atoms with van der Waals surface area (Å²) in [6.07, 6.45) is 5.54. The zero-order chi connectivity index (χ0) is 40.4. The van der Waals surface area contributed by atoms with Crippen LogP contribution >= 0.6 is 0 Å². The van der Waals surface area contributed by atoms with Gasteiger partial charge in [0.1, 0.15) is 41.7 Å². The molecule has 56 heavy (non-hydrogen) atoms. The molecule has 5 aliphatic rings. The van der Waals surface area contributed by atoms with Crippen LogP contribution in [-0.2, 0) is 47.0 Å². The van der Waals surface area contributed by atoms with Gasteiger partial charge in [-0.2, -0.15) is 0 Å². The van der Waals surface area contributed by atoms with Crippen LogP contribution in [0.25, 0.3) is 0 Å². The van der Waals surface area contributed by atoms with Gasteiger partial charge in [0, 0.05) is 32.0 Å². The van der Waals surface area contributed by atoms with Gasteiger partial charge in [0.05, 0.1) is 11.8 Å². The smallest absolute Gasteiger partial charge is 0.410 e. The van der Waals surface area contributed by atoms with E-state index in [-0.39, 0.29) is 32.4 Å². The van der Waals surface area contributed by atoms with Crippen molar-refractivity contribution in [2.75, 3.05) is 33.8 Å². The van der Waals surface area contributed by atoms with Crippen LogP contribution in [0.2, 0.25) is 0 Å². The van der Waals surface area contributed by atoms with Gasteiger partial charge in [-0.1, -0.05) is 31.1 Å². The van der Waals surface area contributed by atoms with Crippen LogP contribution in [0, 0.1) is 5.92 Å². The monoisotopic (exact) mass is 800 g/mol. The van der Waals surface area contributed by atoms with E-state index in [9.17, 15) is 32.4 Å². The summed E-state index contributed by atoms with van der Waals surface area (Å²) < 4.78 is 45.1. The number of benzene rings is 1. The quantitative estimate of drug-likeness (QED) is 0.311.